The average molecular weight is 312 g/mol. The summed E-state index contributed by atoms with van der Waals surface area (Å²) in [7, 11) is 0. The van der Waals surface area contributed by atoms with E-state index < -0.39 is 0 Å². The van der Waals surface area contributed by atoms with E-state index in [1.54, 1.807) is 6.20 Å². The maximum Gasteiger partial charge on any atom is 0.242 e. The van der Waals surface area contributed by atoms with Crippen molar-refractivity contribution in [3.8, 4) is 0 Å². The van der Waals surface area contributed by atoms with E-state index in [0.29, 0.717) is 5.69 Å². The Morgan fingerprint density at radius 2 is 2.17 bits per heavy atom. The molecule has 0 aliphatic rings. The zero-order valence-electron chi connectivity index (χ0n) is 13.2. The van der Waals surface area contributed by atoms with Gasteiger partial charge in [0.2, 0.25) is 5.91 Å². The quantitative estimate of drug-likeness (QED) is 0.669. The molecule has 0 aliphatic heterocycles. The number of fused-ring (bicyclic) bond motifs is 1. The minimum absolute atomic E-state index is 0.126. The molecule has 0 saturated heterocycles. The second kappa shape index (κ2) is 6.12. The van der Waals surface area contributed by atoms with Gasteiger partial charge >= 0.3 is 0 Å². The normalized spacial score (nSPS) is 12.7. The second-order valence-corrected chi connectivity index (χ2v) is 5.90. The number of amides is 1. The lowest BCUT2D eigenvalue weighted by Gasteiger charge is -2.20. The Bertz CT molecular complexity index is 786. The van der Waals surface area contributed by atoms with Gasteiger partial charge in [-0.15, -0.1) is 0 Å². The number of carbonyl (C=O) groups is 1. The van der Waals surface area contributed by atoms with Crippen LogP contribution in [-0.4, -0.2) is 25.7 Å². The fourth-order valence-electron chi connectivity index (χ4n) is 2.50. The van der Waals surface area contributed by atoms with Crippen molar-refractivity contribution in [2.24, 2.45) is 5.92 Å². The third-order valence-corrected chi connectivity index (χ3v) is 3.64. The molecule has 1 aromatic carbocycles. The largest absolute Gasteiger partial charge is 0.396 e. The molecule has 7 nitrogen and oxygen atoms in total. The molecule has 1 unspecified atom stereocenters. The highest BCUT2D eigenvalue weighted by Crippen LogP contribution is 2.22. The summed E-state index contributed by atoms with van der Waals surface area (Å²) in [4.78, 5) is 20.1. The number of anilines is 1. The van der Waals surface area contributed by atoms with Gasteiger partial charge < -0.3 is 16.0 Å². The number of H-pyrrole nitrogens is 1. The molecule has 3 aromatic rings. The van der Waals surface area contributed by atoms with Gasteiger partial charge in [0.15, 0.2) is 0 Å². The number of aromatic nitrogens is 4. The summed E-state index contributed by atoms with van der Waals surface area (Å²) in [5.74, 6) is 0.823. The van der Waals surface area contributed by atoms with Gasteiger partial charge in [0, 0.05) is 6.20 Å². The van der Waals surface area contributed by atoms with Crippen molar-refractivity contribution in [3.63, 3.8) is 0 Å². The molecule has 7 heteroatoms. The van der Waals surface area contributed by atoms with Gasteiger partial charge in [-0.25, -0.2) is 4.98 Å². The monoisotopic (exact) mass is 312 g/mol. The molecule has 0 radical (unpaired) electrons. The van der Waals surface area contributed by atoms with E-state index in [1.165, 1.54) is 10.9 Å². The number of hydrogen-bond donors (Lipinski definition) is 3. The number of benzene rings is 1. The molecule has 3 rings (SSSR count). The summed E-state index contributed by atoms with van der Waals surface area (Å²) in [6.07, 6.45) is 3.15. The minimum Gasteiger partial charge on any atom is -0.396 e. The molecule has 120 valence electrons. The zero-order chi connectivity index (χ0) is 16.4. The first kappa shape index (κ1) is 15.1. The second-order valence-electron chi connectivity index (χ2n) is 5.90. The van der Waals surface area contributed by atoms with Crippen LogP contribution in [0, 0.1) is 5.92 Å². The van der Waals surface area contributed by atoms with Crippen molar-refractivity contribution in [1.82, 2.24) is 25.1 Å². The first-order valence-electron chi connectivity index (χ1n) is 7.55. The van der Waals surface area contributed by atoms with E-state index in [1.807, 2.05) is 38.1 Å². The summed E-state index contributed by atoms with van der Waals surface area (Å²) < 4.78 is 1.51. The van der Waals surface area contributed by atoms with Crippen LogP contribution >= 0.6 is 0 Å². The van der Waals surface area contributed by atoms with Crippen molar-refractivity contribution in [2.45, 2.75) is 26.4 Å². The summed E-state index contributed by atoms with van der Waals surface area (Å²) in [5.41, 5.74) is 8.00. The predicted octanol–water partition coefficient (Wildman–Crippen LogP) is 1.86. The SMILES string of the molecule is CC(C)C(NC(=O)Cn1cc(N)cn1)c1nc2ccccc2[nH]1. The van der Waals surface area contributed by atoms with Crippen molar-refractivity contribution < 1.29 is 4.79 Å². The Morgan fingerprint density at radius 3 is 2.83 bits per heavy atom. The summed E-state index contributed by atoms with van der Waals surface area (Å²) in [6.45, 7) is 4.22. The number of nitrogens with two attached hydrogens (primary N) is 1. The van der Waals surface area contributed by atoms with E-state index in [2.05, 4.69) is 20.4 Å². The van der Waals surface area contributed by atoms with Crippen LogP contribution in [0.5, 0.6) is 0 Å². The first-order chi connectivity index (χ1) is 11.0. The lowest BCUT2D eigenvalue weighted by molar-refractivity contribution is -0.123. The van der Waals surface area contributed by atoms with Crippen LogP contribution in [0.25, 0.3) is 11.0 Å². The van der Waals surface area contributed by atoms with Crippen LogP contribution < -0.4 is 11.1 Å². The van der Waals surface area contributed by atoms with Crippen LogP contribution in [-0.2, 0) is 11.3 Å². The molecular weight excluding hydrogens is 292 g/mol. The van der Waals surface area contributed by atoms with Crippen molar-refractivity contribution >= 4 is 22.6 Å². The Kier molecular flexibility index (Phi) is 4.01. The number of aromatic amines is 1. The van der Waals surface area contributed by atoms with Crippen LogP contribution in [0.15, 0.2) is 36.7 Å². The molecule has 0 aliphatic carbocycles. The molecular formula is C16H20N6O. The van der Waals surface area contributed by atoms with Gasteiger partial charge in [-0.2, -0.15) is 5.10 Å². The van der Waals surface area contributed by atoms with Crippen LogP contribution in [0.3, 0.4) is 0 Å². The highest BCUT2D eigenvalue weighted by molar-refractivity contribution is 5.77. The maximum atomic E-state index is 12.3. The number of imidazole rings is 1. The minimum atomic E-state index is -0.192. The molecule has 2 heterocycles. The van der Waals surface area contributed by atoms with E-state index in [-0.39, 0.29) is 24.4 Å². The molecule has 2 aromatic heterocycles. The van der Waals surface area contributed by atoms with Crippen LogP contribution in [0.4, 0.5) is 5.69 Å². The average Bonchev–Trinajstić information content (AvgIpc) is 3.10. The highest BCUT2D eigenvalue weighted by Gasteiger charge is 2.22. The molecule has 1 amide bonds. The molecule has 0 bridgehead atoms. The highest BCUT2D eigenvalue weighted by atomic mass is 16.2. The predicted molar refractivity (Wildman–Crippen MR) is 88.5 cm³/mol. The topological polar surface area (TPSA) is 102 Å². The summed E-state index contributed by atoms with van der Waals surface area (Å²) in [6, 6.07) is 7.62. The van der Waals surface area contributed by atoms with Crippen LogP contribution in [0.2, 0.25) is 0 Å². The number of nitrogens with zero attached hydrogens (tertiary/aromatic N) is 3. The van der Waals surface area contributed by atoms with Gasteiger partial charge in [-0.3, -0.25) is 9.48 Å². The molecule has 0 spiro atoms. The van der Waals surface area contributed by atoms with Gasteiger partial charge in [-0.1, -0.05) is 26.0 Å². The van der Waals surface area contributed by atoms with Gasteiger partial charge in [0.05, 0.1) is 29.0 Å². The van der Waals surface area contributed by atoms with Gasteiger partial charge in [0.1, 0.15) is 12.4 Å². The van der Waals surface area contributed by atoms with Gasteiger partial charge in [-0.05, 0) is 18.1 Å². The lowest BCUT2D eigenvalue weighted by Crippen LogP contribution is -2.35. The Labute approximate surface area is 133 Å². The third kappa shape index (κ3) is 3.33. The van der Waals surface area contributed by atoms with E-state index in [0.717, 1.165) is 16.9 Å². The third-order valence-electron chi connectivity index (χ3n) is 3.64. The van der Waals surface area contributed by atoms with Crippen molar-refractivity contribution in [3.05, 3.63) is 42.5 Å². The Hall–Kier alpha value is -2.83. The molecule has 0 fully saturated rings. The number of hydrogen-bond acceptors (Lipinski definition) is 4. The molecule has 23 heavy (non-hydrogen) atoms. The molecule has 1 atom stereocenters. The Morgan fingerprint density at radius 1 is 1.39 bits per heavy atom. The van der Waals surface area contributed by atoms with E-state index in [9.17, 15) is 4.79 Å². The summed E-state index contributed by atoms with van der Waals surface area (Å²) >= 11 is 0. The zero-order valence-corrected chi connectivity index (χ0v) is 13.2. The number of nitrogen functional groups attached to an aromatic ring is 1. The number of para-hydroxylation sites is 2. The van der Waals surface area contributed by atoms with Crippen molar-refractivity contribution in [1.29, 1.82) is 0 Å². The number of rotatable bonds is 5. The fourth-order valence-corrected chi connectivity index (χ4v) is 2.50. The fraction of sp³-hybridized carbons (Fsp3) is 0.312. The standard InChI is InChI=1S/C16H20N6O/c1-10(2)15(16-19-12-5-3-4-6-13(12)20-16)21-14(23)9-22-8-11(17)7-18-22/h3-8,10,15H,9,17H2,1-2H3,(H,19,20)(H,21,23). The summed E-state index contributed by atoms with van der Waals surface area (Å²) in [5, 5.41) is 7.04. The van der Waals surface area contributed by atoms with Gasteiger partial charge in [0.25, 0.3) is 0 Å². The lowest BCUT2D eigenvalue weighted by atomic mass is 10.0. The molecule has 4 N–H and O–H groups in total. The van der Waals surface area contributed by atoms with E-state index >= 15 is 0 Å². The van der Waals surface area contributed by atoms with E-state index in [4.69, 9.17) is 5.73 Å². The molecule has 0 saturated carbocycles. The van der Waals surface area contributed by atoms with Crippen molar-refractivity contribution in [2.75, 3.05) is 5.73 Å². The maximum absolute atomic E-state index is 12.3. The first-order valence-corrected chi connectivity index (χ1v) is 7.55. The number of nitrogens with one attached hydrogen (secondary N) is 2. The Balaban J connectivity index is 1.77. The smallest absolute Gasteiger partial charge is 0.242 e. The van der Waals surface area contributed by atoms with Crippen LogP contribution in [0.1, 0.15) is 25.7 Å². The number of carbonyl (C=O) groups excluding carboxylic acids is 1.